The standard InChI is InChI=1S/C21H20N4O3/c26-19(11-16-12-22-18-4-2-1-3-17(16)18)25-8-5-14(6-9-25)20-23-24-21(28-20)15-7-10-27-13-15/h1-4,7,10,12-14,22H,5-6,8-9,11H2. The van der Waals surface area contributed by atoms with Crippen LogP contribution < -0.4 is 0 Å². The summed E-state index contributed by atoms with van der Waals surface area (Å²) < 4.78 is 10.9. The van der Waals surface area contributed by atoms with Crippen molar-refractivity contribution >= 4 is 16.8 Å². The molecule has 5 rings (SSSR count). The second-order valence-electron chi connectivity index (χ2n) is 7.15. The summed E-state index contributed by atoms with van der Waals surface area (Å²) >= 11 is 0. The molecule has 1 aliphatic rings. The van der Waals surface area contributed by atoms with Crippen molar-refractivity contribution in [2.45, 2.75) is 25.2 Å². The fourth-order valence-corrected chi connectivity index (χ4v) is 3.83. The number of H-pyrrole nitrogens is 1. The molecule has 1 amide bonds. The van der Waals surface area contributed by atoms with Gasteiger partial charge in [-0.2, -0.15) is 0 Å². The van der Waals surface area contributed by atoms with E-state index in [1.807, 2.05) is 35.4 Å². The number of benzene rings is 1. The molecule has 0 saturated carbocycles. The first-order chi connectivity index (χ1) is 13.8. The van der Waals surface area contributed by atoms with Gasteiger partial charge < -0.3 is 18.7 Å². The van der Waals surface area contributed by atoms with Crippen molar-refractivity contribution < 1.29 is 13.6 Å². The minimum absolute atomic E-state index is 0.160. The zero-order valence-electron chi connectivity index (χ0n) is 15.3. The van der Waals surface area contributed by atoms with Crippen LogP contribution in [0.4, 0.5) is 0 Å². The van der Waals surface area contributed by atoms with E-state index < -0.39 is 0 Å². The van der Waals surface area contributed by atoms with E-state index in [9.17, 15) is 4.79 Å². The van der Waals surface area contributed by atoms with E-state index in [0.29, 0.717) is 31.3 Å². The van der Waals surface area contributed by atoms with Crippen LogP contribution in [0, 0.1) is 0 Å². The summed E-state index contributed by atoms with van der Waals surface area (Å²) in [6.07, 6.45) is 7.17. The molecule has 4 heterocycles. The number of furan rings is 1. The first kappa shape index (κ1) is 16.8. The number of carbonyl (C=O) groups is 1. The van der Waals surface area contributed by atoms with E-state index in [1.54, 1.807) is 18.6 Å². The van der Waals surface area contributed by atoms with E-state index in [0.717, 1.165) is 34.9 Å². The molecule has 0 spiro atoms. The maximum absolute atomic E-state index is 12.8. The molecule has 1 aliphatic heterocycles. The molecule has 1 saturated heterocycles. The number of rotatable bonds is 4. The van der Waals surface area contributed by atoms with Gasteiger partial charge in [0.2, 0.25) is 11.8 Å². The fraction of sp³-hybridized carbons (Fsp3) is 0.286. The molecule has 3 aromatic heterocycles. The monoisotopic (exact) mass is 376 g/mol. The van der Waals surface area contributed by atoms with E-state index in [4.69, 9.17) is 8.83 Å². The third-order valence-electron chi connectivity index (χ3n) is 5.42. The van der Waals surface area contributed by atoms with E-state index in [2.05, 4.69) is 15.2 Å². The highest BCUT2D eigenvalue weighted by atomic mass is 16.4. The van der Waals surface area contributed by atoms with Crippen LogP contribution in [-0.2, 0) is 11.2 Å². The molecule has 4 aromatic rings. The lowest BCUT2D eigenvalue weighted by molar-refractivity contribution is -0.131. The summed E-state index contributed by atoms with van der Waals surface area (Å²) in [4.78, 5) is 17.9. The van der Waals surface area contributed by atoms with Gasteiger partial charge in [-0.25, -0.2) is 0 Å². The number of aromatic nitrogens is 3. The number of nitrogens with one attached hydrogen (secondary N) is 1. The van der Waals surface area contributed by atoms with E-state index >= 15 is 0 Å². The average Bonchev–Trinajstić information content (AvgIpc) is 3.49. The molecule has 0 atom stereocenters. The quantitative estimate of drug-likeness (QED) is 0.586. The van der Waals surface area contributed by atoms with Crippen LogP contribution in [0.5, 0.6) is 0 Å². The maximum atomic E-state index is 12.8. The highest BCUT2D eigenvalue weighted by Gasteiger charge is 2.28. The largest absolute Gasteiger partial charge is 0.472 e. The summed E-state index contributed by atoms with van der Waals surface area (Å²) in [6, 6.07) is 9.86. The Morgan fingerprint density at radius 2 is 2.04 bits per heavy atom. The van der Waals surface area contributed by atoms with Gasteiger partial charge in [-0.1, -0.05) is 18.2 Å². The van der Waals surface area contributed by atoms with Crippen molar-refractivity contribution in [1.82, 2.24) is 20.1 Å². The predicted molar refractivity (Wildman–Crippen MR) is 103 cm³/mol. The van der Waals surface area contributed by atoms with Crippen LogP contribution in [0.3, 0.4) is 0 Å². The topological polar surface area (TPSA) is 88.2 Å². The van der Waals surface area contributed by atoms with Gasteiger partial charge in [-0.15, -0.1) is 10.2 Å². The molecule has 142 valence electrons. The van der Waals surface area contributed by atoms with Crippen LogP contribution in [0.1, 0.15) is 30.2 Å². The minimum atomic E-state index is 0.160. The highest BCUT2D eigenvalue weighted by Crippen LogP contribution is 2.30. The molecule has 0 bridgehead atoms. The molecule has 0 aliphatic carbocycles. The number of para-hydroxylation sites is 1. The van der Waals surface area contributed by atoms with Gasteiger partial charge in [0.25, 0.3) is 5.89 Å². The lowest BCUT2D eigenvalue weighted by atomic mass is 9.96. The van der Waals surface area contributed by atoms with Crippen LogP contribution in [0.15, 0.2) is 57.9 Å². The summed E-state index contributed by atoms with van der Waals surface area (Å²) in [5.74, 6) is 1.46. The number of carbonyl (C=O) groups excluding carboxylic acids is 1. The van der Waals surface area contributed by atoms with Gasteiger partial charge >= 0.3 is 0 Å². The van der Waals surface area contributed by atoms with Gasteiger partial charge in [0.15, 0.2) is 0 Å². The lowest BCUT2D eigenvalue weighted by Gasteiger charge is -2.30. The number of amides is 1. The van der Waals surface area contributed by atoms with Gasteiger partial charge in [-0.3, -0.25) is 4.79 Å². The number of aromatic amines is 1. The predicted octanol–water partition coefficient (Wildman–Crippen LogP) is 3.76. The molecule has 0 radical (unpaired) electrons. The van der Waals surface area contributed by atoms with Crippen molar-refractivity contribution in [1.29, 1.82) is 0 Å². The van der Waals surface area contributed by atoms with Gasteiger partial charge in [0.05, 0.1) is 18.2 Å². The number of fused-ring (bicyclic) bond motifs is 1. The lowest BCUT2D eigenvalue weighted by Crippen LogP contribution is -2.38. The summed E-state index contributed by atoms with van der Waals surface area (Å²) in [6.45, 7) is 1.41. The molecular formula is C21H20N4O3. The number of hydrogen-bond acceptors (Lipinski definition) is 5. The Morgan fingerprint density at radius 3 is 2.86 bits per heavy atom. The number of nitrogens with zero attached hydrogens (tertiary/aromatic N) is 3. The molecule has 1 fully saturated rings. The van der Waals surface area contributed by atoms with Crippen LogP contribution in [-0.4, -0.2) is 39.1 Å². The van der Waals surface area contributed by atoms with Crippen molar-refractivity contribution in [2.75, 3.05) is 13.1 Å². The number of hydrogen-bond donors (Lipinski definition) is 1. The van der Waals surface area contributed by atoms with Gasteiger partial charge in [0.1, 0.15) is 6.26 Å². The Balaban J connectivity index is 1.21. The molecule has 7 nitrogen and oxygen atoms in total. The number of likely N-dealkylation sites (tertiary alicyclic amines) is 1. The smallest absolute Gasteiger partial charge is 0.250 e. The van der Waals surface area contributed by atoms with Crippen molar-refractivity contribution in [2.24, 2.45) is 0 Å². The Hall–Kier alpha value is -3.35. The highest BCUT2D eigenvalue weighted by molar-refractivity contribution is 5.88. The first-order valence-electron chi connectivity index (χ1n) is 9.46. The van der Waals surface area contributed by atoms with Crippen molar-refractivity contribution in [3.05, 3.63) is 60.5 Å². The summed E-state index contributed by atoms with van der Waals surface area (Å²) in [7, 11) is 0. The summed E-state index contributed by atoms with van der Waals surface area (Å²) in [5, 5.41) is 9.42. The minimum Gasteiger partial charge on any atom is -0.472 e. The molecule has 7 heteroatoms. The maximum Gasteiger partial charge on any atom is 0.250 e. The molecule has 0 unspecified atom stereocenters. The van der Waals surface area contributed by atoms with Crippen molar-refractivity contribution in [3.63, 3.8) is 0 Å². The van der Waals surface area contributed by atoms with E-state index in [-0.39, 0.29) is 11.8 Å². The first-order valence-corrected chi connectivity index (χ1v) is 9.46. The zero-order valence-corrected chi connectivity index (χ0v) is 15.3. The van der Waals surface area contributed by atoms with Crippen LogP contribution >= 0.6 is 0 Å². The average molecular weight is 376 g/mol. The Labute approximate surface area is 161 Å². The molecule has 1 N–H and O–H groups in total. The molecule has 1 aromatic carbocycles. The Morgan fingerprint density at radius 1 is 1.18 bits per heavy atom. The second-order valence-corrected chi connectivity index (χ2v) is 7.15. The zero-order chi connectivity index (χ0) is 18.9. The van der Waals surface area contributed by atoms with Crippen molar-refractivity contribution in [3.8, 4) is 11.5 Å². The molecule has 28 heavy (non-hydrogen) atoms. The number of piperidine rings is 1. The van der Waals surface area contributed by atoms with Gasteiger partial charge in [-0.05, 0) is 30.5 Å². The third-order valence-corrected chi connectivity index (χ3v) is 5.42. The summed E-state index contributed by atoms with van der Waals surface area (Å²) in [5.41, 5.74) is 2.89. The van der Waals surface area contributed by atoms with Crippen LogP contribution in [0.25, 0.3) is 22.4 Å². The Kier molecular flexibility index (Phi) is 4.20. The van der Waals surface area contributed by atoms with E-state index in [1.165, 1.54) is 0 Å². The molecular weight excluding hydrogens is 356 g/mol. The van der Waals surface area contributed by atoms with Gasteiger partial charge in [0, 0.05) is 36.1 Å². The fourth-order valence-electron chi connectivity index (χ4n) is 3.83. The van der Waals surface area contributed by atoms with Crippen LogP contribution in [0.2, 0.25) is 0 Å². The normalized spacial score (nSPS) is 15.4. The SMILES string of the molecule is O=C(Cc1c[nH]c2ccccc12)N1CCC(c2nnc(-c3ccoc3)o2)CC1. The third kappa shape index (κ3) is 3.09. The Bertz CT molecular complexity index is 1090. The second kappa shape index (κ2) is 6.99.